The summed E-state index contributed by atoms with van der Waals surface area (Å²) in [4.78, 5) is 0. The third-order valence-electron chi connectivity index (χ3n) is 3.12. The lowest BCUT2D eigenvalue weighted by Gasteiger charge is -2.14. The Morgan fingerprint density at radius 3 is 2.85 bits per heavy atom. The number of hydrogen-bond donors (Lipinski definition) is 1. The van der Waals surface area contributed by atoms with Gasteiger partial charge < -0.3 is 15.2 Å². The first-order valence-corrected chi connectivity index (χ1v) is 6.38. The van der Waals surface area contributed by atoms with Gasteiger partial charge in [-0.2, -0.15) is 0 Å². The second-order valence-corrected chi connectivity index (χ2v) is 4.54. The molecule has 7 nitrogen and oxygen atoms in total. The monoisotopic (exact) mass is 277 g/mol. The Morgan fingerprint density at radius 1 is 1.35 bits per heavy atom. The highest BCUT2D eigenvalue weighted by molar-refractivity contribution is 5.67. The molecule has 1 aromatic carbocycles. The SMILES string of the molecule is COCCC(C)n1nnnc1-c1ccc(N)cc1OC. The number of nitrogen functional groups attached to an aromatic ring is 1. The molecule has 1 atom stereocenters. The molecule has 20 heavy (non-hydrogen) atoms. The lowest BCUT2D eigenvalue weighted by atomic mass is 10.1. The molecule has 7 heteroatoms. The van der Waals surface area contributed by atoms with Crippen molar-refractivity contribution in [1.29, 1.82) is 0 Å². The highest BCUT2D eigenvalue weighted by atomic mass is 16.5. The van der Waals surface area contributed by atoms with E-state index < -0.39 is 0 Å². The van der Waals surface area contributed by atoms with Gasteiger partial charge in [0, 0.05) is 25.5 Å². The van der Waals surface area contributed by atoms with E-state index in [-0.39, 0.29) is 6.04 Å². The standard InChI is InChI=1S/C13H19N5O2/c1-9(6-7-19-2)18-13(15-16-17-18)11-5-4-10(14)8-12(11)20-3/h4-5,8-9H,6-7,14H2,1-3H3. The molecule has 1 unspecified atom stereocenters. The molecule has 0 bridgehead atoms. The molecule has 0 amide bonds. The van der Waals surface area contributed by atoms with Crippen molar-refractivity contribution in [3.8, 4) is 17.1 Å². The van der Waals surface area contributed by atoms with Gasteiger partial charge in [0.1, 0.15) is 5.75 Å². The second-order valence-electron chi connectivity index (χ2n) is 4.54. The number of hydrogen-bond acceptors (Lipinski definition) is 6. The number of nitrogens with zero attached hydrogens (tertiary/aromatic N) is 4. The van der Waals surface area contributed by atoms with Crippen molar-refractivity contribution in [1.82, 2.24) is 20.2 Å². The van der Waals surface area contributed by atoms with Gasteiger partial charge in [0.05, 0.1) is 18.7 Å². The van der Waals surface area contributed by atoms with E-state index in [2.05, 4.69) is 15.5 Å². The highest BCUT2D eigenvalue weighted by Gasteiger charge is 2.17. The third-order valence-corrected chi connectivity index (χ3v) is 3.12. The van der Waals surface area contributed by atoms with Gasteiger partial charge in [-0.25, -0.2) is 4.68 Å². The number of methoxy groups -OCH3 is 2. The zero-order chi connectivity index (χ0) is 14.5. The number of anilines is 1. The van der Waals surface area contributed by atoms with Crippen LogP contribution >= 0.6 is 0 Å². The van der Waals surface area contributed by atoms with Crippen LogP contribution in [-0.4, -0.2) is 41.0 Å². The zero-order valence-corrected chi connectivity index (χ0v) is 11.9. The van der Waals surface area contributed by atoms with Crippen LogP contribution < -0.4 is 10.5 Å². The largest absolute Gasteiger partial charge is 0.496 e. The van der Waals surface area contributed by atoms with Crippen LogP contribution in [0.4, 0.5) is 5.69 Å². The second kappa shape index (κ2) is 6.33. The fraction of sp³-hybridized carbons (Fsp3) is 0.462. The van der Waals surface area contributed by atoms with Crippen molar-refractivity contribution < 1.29 is 9.47 Å². The van der Waals surface area contributed by atoms with Crippen LogP contribution in [0.2, 0.25) is 0 Å². The van der Waals surface area contributed by atoms with E-state index >= 15 is 0 Å². The van der Waals surface area contributed by atoms with Gasteiger partial charge in [0.2, 0.25) is 0 Å². The summed E-state index contributed by atoms with van der Waals surface area (Å²) in [6.45, 7) is 2.70. The van der Waals surface area contributed by atoms with E-state index in [9.17, 15) is 0 Å². The van der Waals surface area contributed by atoms with E-state index in [0.717, 1.165) is 12.0 Å². The third kappa shape index (κ3) is 2.88. The lowest BCUT2D eigenvalue weighted by Crippen LogP contribution is -2.11. The first-order valence-electron chi connectivity index (χ1n) is 6.38. The fourth-order valence-electron chi connectivity index (χ4n) is 1.97. The van der Waals surface area contributed by atoms with E-state index in [1.807, 2.05) is 13.0 Å². The van der Waals surface area contributed by atoms with Crippen LogP contribution in [0.15, 0.2) is 18.2 Å². The molecular formula is C13H19N5O2. The maximum atomic E-state index is 5.77. The van der Waals surface area contributed by atoms with Crippen molar-refractivity contribution in [3.63, 3.8) is 0 Å². The minimum absolute atomic E-state index is 0.127. The molecule has 2 rings (SSSR count). The van der Waals surface area contributed by atoms with Gasteiger partial charge >= 0.3 is 0 Å². The van der Waals surface area contributed by atoms with E-state index in [4.69, 9.17) is 15.2 Å². The lowest BCUT2D eigenvalue weighted by molar-refractivity contribution is 0.178. The van der Waals surface area contributed by atoms with Gasteiger partial charge in [0.15, 0.2) is 5.82 Å². The molecule has 0 saturated heterocycles. The highest BCUT2D eigenvalue weighted by Crippen LogP contribution is 2.31. The van der Waals surface area contributed by atoms with E-state index in [1.165, 1.54) is 0 Å². The first-order chi connectivity index (χ1) is 9.67. The maximum absolute atomic E-state index is 5.77. The molecule has 0 aliphatic rings. The average Bonchev–Trinajstić information content (AvgIpc) is 2.93. The number of ether oxygens (including phenoxy) is 2. The summed E-state index contributed by atoms with van der Waals surface area (Å²) in [5.41, 5.74) is 7.22. The Balaban J connectivity index is 2.36. The number of aromatic nitrogens is 4. The van der Waals surface area contributed by atoms with Gasteiger partial charge in [-0.15, -0.1) is 5.10 Å². The number of nitrogens with two attached hydrogens (primary N) is 1. The van der Waals surface area contributed by atoms with Crippen LogP contribution in [0.25, 0.3) is 11.4 Å². The topological polar surface area (TPSA) is 88.1 Å². The van der Waals surface area contributed by atoms with E-state index in [0.29, 0.717) is 23.9 Å². The molecule has 2 aromatic rings. The van der Waals surface area contributed by atoms with Crippen molar-refractivity contribution in [2.75, 3.05) is 26.6 Å². The Hall–Kier alpha value is -2.15. The Morgan fingerprint density at radius 2 is 2.15 bits per heavy atom. The number of tetrazole rings is 1. The summed E-state index contributed by atoms with van der Waals surface area (Å²) in [6, 6.07) is 5.55. The average molecular weight is 277 g/mol. The normalized spacial score (nSPS) is 12.3. The number of rotatable bonds is 6. The molecule has 0 radical (unpaired) electrons. The zero-order valence-electron chi connectivity index (χ0n) is 11.9. The predicted molar refractivity (Wildman–Crippen MR) is 75.4 cm³/mol. The van der Waals surface area contributed by atoms with Gasteiger partial charge in [-0.1, -0.05) is 0 Å². The summed E-state index contributed by atoms with van der Waals surface area (Å²) >= 11 is 0. The molecule has 1 heterocycles. The summed E-state index contributed by atoms with van der Waals surface area (Å²) in [7, 11) is 3.27. The van der Waals surface area contributed by atoms with Crippen LogP contribution in [0.3, 0.4) is 0 Å². The van der Waals surface area contributed by atoms with Crippen LogP contribution in [-0.2, 0) is 4.74 Å². The molecule has 1 aromatic heterocycles. The van der Waals surface area contributed by atoms with Crippen molar-refractivity contribution in [2.24, 2.45) is 0 Å². The fourth-order valence-corrected chi connectivity index (χ4v) is 1.97. The smallest absolute Gasteiger partial charge is 0.186 e. The predicted octanol–water partition coefficient (Wildman–Crippen LogP) is 1.53. The summed E-state index contributed by atoms with van der Waals surface area (Å²) in [6.07, 6.45) is 0.825. The van der Waals surface area contributed by atoms with Crippen molar-refractivity contribution in [3.05, 3.63) is 18.2 Å². The van der Waals surface area contributed by atoms with Crippen LogP contribution in [0.5, 0.6) is 5.75 Å². The van der Waals surface area contributed by atoms with Gasteiger partial charge in [0.25, 0.3) is 0 Å². The van der Waals surface area contributed by atoms with Crippen molar-refractivity contribution in [2.45, 2.75) is 19.4 Å². The summed E-state index contributed by atoms with van der Waals surface area (Å²) < 4.78 is 12.2. The minimum atomic E-state index is 0.127. The summed E-state index contributed by atoms with van der Waals surface area (Å²) in [5, 5.41) is 11.9. The molecule has 108 valence electrons. The van der Waals surface area contributed by atoms with Gasteiger partial charge in [-0.05, 0) is 35.9 Å². The van der Waals surface area contributed by atoms with Crippen LogP contribution in [0, 0.1) is 0 Å². The number of benzene rings is 1. The minimum Gasteiger partial charge on any atom is -0.496 e. The summed E-state index contributed by atoms with van der Waals surface area (Å²) in [5.74, 6) is 1.31. The van der Waals surface area contributed by atoms with Crippen LogP contribution in [0.1, 0.15) is 19.4 Å². The quantitative estimate of drug-likeness (QED) is 0.805. The maximum Gasteiger partial charge on any atom is 0.186 e. The molecule has 0 fully saturated rings. The van der Waals surface area contributed by atoms with Crippen molar-refractivity contribution >= 4 is 5.69 Å². The molecular weight excluding hydrogens is 258 g/mol. The first kappa shape index (κ1) is 14.3. The molecule has 0 aliphatic carbocycles. The molecule has 0 spiro atoms. The molecule has 2 N–H and O–H groups in total. The Kier molecular flexibility index (Phi) is 4.52. The Labute approximate surface area is 117 Å². The Bertz CT molecular complexity index is 570. The molecule has 0 saturated carbocycles. The van der Waals surface area contributed by atoms with Gasteiger partial charge in [-0.3, -0.25) is 0 Å². The van der Waals surface area contributed by atoms with E-state index in [1.54, 1.807) is 31.0 Å². The molecule has 0 aliphatic heterocycles.